The van der Waals surface area contributed by atoms with E-state index in [4.69, 9.17) is 0 Å². The maximum absolute atomic E-state index is 11.8. The molecule has 1 unspecified atom stereocenters. The Kier molecular flexibility index (Phi) is 8.96. The van der Waals surface area contributed by atoms with Gasteiger partial charge in [-0.1, -0.05) is 20.8 Å². The lowest BCUT2D eigenvalue weighted by Crippen LogP contribution is -2.43. The number of carboxylic acids is 1. The van der Waals surface area contributed by atoms with Gasteiger partial charge in [-0.25, -0.2) is 4.79 Å². The zero-order valence-corrected chi connectivity index (χ0v) is 15.8. The minimum absolute atomic E-state index is 0.0174. The number of hydrogen-bond acceptors (Lipinski definition) is 4. The second-order valence-corrected chi connectivity index (χ2v) is 8.26. The SMILES string of the molecule is CC(C)(C)CC(=O)NC(CCC(=O)NCCNC(C)(C)C)C(=O)O. The summed E-state index contributed by atoms with van der Waals surface area (Å²) in [5.41, 5.74) is -0.235. The molecule has 0 spiro atoms. The van der Waals surface area contributed by atoms with Crippen molar-refractivity contribution in [2.24, 2.45) is 5.41 Å². The third kappa shape index (κ3) is 12.9. The molecule has 0 aromatic carbocycles. The van der Waals surface area contributed by atoms with Gasteiger partial charge in [0, 0.05) is 31.5 Å². The van der Waals surface area contributed by atoms with Crippen LogP contribution < -0.4 is 16.0 Å². The Hall–Kier alpha value is -1.63. The highest BCUT2D eigenvalue weighted by atomic mass is 16.4. The average molecular weight is 343 g/mol. The standard InChI is InChI=1S/C17H33N3O4/c1-16(2,3)11-14(22)20-12(15(23)24)7-8-13(21)18-9-10-19-17(4,5)6/h12,19H,7-11H2,1-6H3,(H,18,21)(H,20,22)(H,23,24). The second kappa shape index (κ2) is 9.61. The summed E-state index contributed by atoms with van der Waals surface area (Å²) in [6.45, 7) is 12.9. The summed E-state index contributed by atoms with van der Waals surface area (Å²) >= 11 is 0. The number of carbonyl (C=O) groups excluding carboxylic acids is 2. The number of carbonyl (C=O) groups is 3. The molecule has 0 aliphatic carbocycles. The highest BCUT2D eigenvalue weighted by Crippen LogP contribution is 2.18. The van der Waals surface area contributed by atoms with E-state index in [9.17, 15) is 19.5 Å². The van der Waals surface area contributed by atoms with Gasteiger partial charge in [-0.15, -0.1) is 0 Å². The average Bonchev–Trinajstić information content (AvgIpc) is 2.36. The van der Waals surface area contributed by atoms with Crippen LogP contribution in [0.15, 0.2) is 0 Å². The Balaban J connectivity index is 4.19. The van der Waals surface area contributed by atoms with Crippen molar-refractivity contribution in [3.05, 3.63) is 0 Å². The van der Waals surface area contributed by atoms with E-state index >= 15 is 0 Å². The van der Waals surface area contributed by atoms with Gasteiger partial charge in [0.1, 0.15) is 6.04 Å². The molecule has 0 aliphatic heterocycles. The normalized spacial score (nSPS) is 13.2. The lowest BCUT2D eigenvalue weighted by Gasteiger charge is -2.21. The van der Waals surface area contributed by atoms with E-state index in [-0.39, 0.29) is 42.0 Å². The van der Waals surface area contributed by atoms with Crippen LogP contribution in [0.2, 0.25) is 0 Å². The fraction of sp³-hybridized carbons (Fsp3) is 0.824. The molecule has 0 aliphatic rings. The van der Waals surface area contributed by atoms with E-state index in [0.717, 1.165) is 0 Å². The molecule has 7 heteroatoms. The van der Waals surface area contributed by atoms with Crippen molar-refractivity contribution >= 4 is 17.8 Å². The fourth-order valence-corrected chi connectivity index (χ4v) is 1.99. The van der Waals surface area contributed by atoms with E-state index in [2.05, 4.69) is 16.0 Å². The molecule has 0 aromatic rings. The van der Waals surface area contributed by atoms with Gasteiger partial charge >= 0.3 is 5.97 Å². The first-order valence-corrected chi connectivity index (χ1v) is 8.34. The van der Waals surface area contributed by atoms with Crippen LogP contribution >= 0.6 is 0 Å². The van der Waals surface area contributed by atoms with Gasteiger partial charge in [0.25, 0.3) is 0 Å². The second-order valence-electron chi connectivity index (χ2n) is 8.26. The maximum atomic E-state index is 11.8. The van der Waals surface area contributed by atoms with Crippen molar-refractivity contribution in [2.75, 3.05) is 13.1 Å². The van der Waals surface area contributed by atoms with Crippen LogP contribution in [0, 0.1) is 5.41 Å². The number of hydrogen-bond donors (Lipinski definition) is 4. The predicted molar refractivity (Wildman–Crippen MR) is 93.6 cm³/mol. The first-order valence-electron chi connectivity index (χ1n) is 8.34. The summed E-state index contributed by atoms with van der Waals surface area (Å²) in [5, 5.41) is 17.6. The molecule has 0 heterocycles. The summed E-state index contributed by atoms with van der Waals surface area (Å²) in [5.74, 6) is -1.66. The summed E-state index contributed by atoms with van der Waals surface area (Å²) < 4.78 is 0. The quantitative estimate of drug-likeness (QED) is 0.472. The van der Waals surface area contributed by atoms with Gasteiger partial charge in [0.05, 0.1) is 0 Å². The first kappa shape index (κ1) is 22.4. The number of carboxylic acid groups (broad SMARTS) is 1. The van der Waals surface area contributed by atoms with Crippen molar-refractivity contribution in [3.63, 3.8) is 0 Å². The molecule has 0 radical (unpaired) electrons. The van der Waals surface area contributed by atoms with Crippen LogP contribution in [-0.2, 0) is 14.4 Å². The Morgan fingerprint density at radius 2 is 1.54 bits per heavy atom. The van der Waals surface area contributed by atoms with Crippen molar-refractivity contribution in [2.45, 2.75) is 72.4 Å². The third-order valence-electron chi connectivity index (χ3n) is 3.09. The highest BCUT2D eigenvalue weighted by Gasteiger charge is 2.23. The van der Waals surface area contributed by atoms with E-state index < -0.39 is 12.0 Å². The van der Waals surface area contributed by atoms with E-state index in [1.807, 2.05) is 41.5 Å². The van der Waals surface area contributed by atoms with Gasteiger partial charge < -0.3 is 21.1 Å². The Labute approximate surface area is 145 Å². The smallest absolute Gasteiger partial charge is 0.326 e. The van der Waals surface area contributed by atoms with Crippen molar-refractivity contribution < 1.29 is 19.5 Å². The minimum atomic E-state index is -1.13. The molecule has 0 aromatic heterocycles. The summed E-state index contributed by atoms with van der Waals surface area (Å²) in [7, 11) is 0. The molecule has 0 fully saturated rings. The van der Waals surface area contributed by atoms with Crippen molar-refractivity contribution in [1.29, 1.82) is 0 Å². The lowest BCUT2D eigenvalue weighted by atomic mass is 9.92. The van der Waals surface area contributed by atoms with Gasteiger partial charge in [-0.05, 0) is 32.6 Å². The monoisotopic (exact) mass is 343 g/mol. The highest BCUT2D eigenvalue weighted by molar-refractivity contribution is 5.84. The summed E-state index contributed by atoms with van der Waals surface area (Å²) in [6.07, 6.45) is 0.369. The van der Waals surface area contributed by atoms with Gasteiger partial charge in [-0.2, -0.15) is 0 Å². The van der Waals surface area contributed by atoms with Crippen LogP contribution in [0.5, 0.6) is 0 Å². The molecule has 4 N–H and O–H groups in total. The molecule has 0 bridgehead atoms. The van der Waals surface area contributed by atoms with Crippen LogP contribution in [0.3, 0.4) is 0 Å². The largest absolute Gasteiger partial charge is 0.480 e. The number of rotatable bonds is 9. The van der Waals surface area contributed by atoms with Crippen LogP contribution in [-0.4, -0.2) is 47.6 Å². The van der Waals surface area contributed by atoms with Crippen LogP contribution in [0.25, 0.3) is 0 Å². The summed E-state index contributed by atoms with van der Waals surface area (Å²) in [6, 6.07) is -1.04. The van der Waals surface area contributed by atoms with Gasteiger partial charge in [0.2, 0.25) is 11.8 Å². The third-order valence-corrected chi connectivity index (χ3v) is 3.09. The first-order chi connectivity index (χ1) is 10.8. The molecular weight excluding hydrogens is 310 g/mol. The van der Waals surface area contributed by atoms with Gasteiger partial charge in [0.15, 0.2) is 0 Å². The Morgan fingerprint density at radius 1 is 0.958 bits per heavy atom. The molecule has 0 saturated carbocycles. The molecule has 24 heavy (non-hydrogen) atoms. The summed E-state index contributed by atoms with van der Waals surface area (Å²) in [4.78, 5) is 34.8. The molecule has 7 nitrogen and oxygen atoms in total. The van der Waals surface area contributed by atoms with E-state index in [0.29, 0.717) is 13.1 Å². The van der Waals surface area contributed by atoms with Crippen molar-refractivity contribution in [3.8, 4) is 0 Å². The molecular formula is C17H33N3O4. The number of aliphatic carboxylic acids is 1. The minimum Gasteiger partial charge on any atom is -0.480 e. The maximum Gasteiger partial charge on any atom is 0.326 e. The van der Waals surface area contributed by atoms with E-state index in [1.54, 1.807) is 0 Å². The number of amides is 2. The zero-order chi connectivity index (χ0) is 19.0. The predicted octanol–water partition coefficient (Wildman–Crippen LogP) is 1.28. The topological polar surface area (TPSA) is 108 Å². The molecule has 1 atom stereocenters. The fourth-order valence-electron chi connectivity index (χ4n) is 1.99. The molecule has 0 saturated heterocycles. The number of nitrogens with one attached hydrogen (secondary N) is 3. The van der Waals surface area contributed by atoms with Crippen LogP contribution in [0.1, 0.15) is 60.8 Å². The Morgan fingerprint density at radius 3 is 2.00 bits per heavy atom. The van der Waals surface area contributed by atoms with Crippen molar-refractivity contribution in [1.82, 2.24) is 16.0 Å². The van der Waals surface area contributed by atoms with Gasteiger partial charge in [-0.3, -0.25) is 9.59 Å². The zero-order valence-electron chi connectivity index (χ0n) is 15.8. The molecule has 2 amide bonds. The van der Waals surface area contributed by atoms with Crippen LogP contribution in [0.4, 0.5) is 0 Å². The lowest BCUT2D eigenvalue weighted by molar-refractivity contribution is -0.142. The van der Waals surface area contributed by atoms with E-state index in [1.165, 1.54) is 0 Å². The molecule has 140 valence electrons. The Bertz CT molecular complexity index is 436. The molecule has 0 rings (SSSR count).